The first-order valence-corrected chi connectivity index (χ1v) is 10.1. The summed E-state index contributed by atoms with van der Waals surface area (Å²) in [6, 6.07) is 4.84. The van der Waals surface area contributed by atoms with Crippen LogP contribution < -0.4 is 4.74 Å². The molecule has 0 saturated carbocycles. The lowest BCUT2D eigenvalue weighted by Crippen LogP contribution is -2.05. The fourth-order valence-electron chi connectivity index (χ4n) is 2.84. The van der Waals surface area contributed by atoms with E-state index < -0.39 is 21.5 Å². The zero-order chi connectivity index (χ0) is 20.8. The third kappa shape index (κ3) is 3.29. The topological polar surface area (TPSA) is 99.3 Å². The van der Waals surface area contributed by atoms with Crippen molar-refractivity contribution in [3.63, 3.8) is 0 Å². The molecule has 0 N–H and O–H groups in total. The first-order chi connectivity index (χ1) is 13.8. The van der Waals surface area contributed by atoms with Crippen molar-refractivity contribution in [1.29, 1.82) is 0 Å². The van der Waals surface area contributed by atoms with Crippen LogP contribution in [-0.4, -0.2) is 46.1 Å². The standard InChI is InChI=1S/C18H13F2N5O3S/c1-28-17-16-24-14(10-3-4-11(19)12(20)9-10)15(25(16)8-7-21-17)13-5-6-22-18(23-13)29(2,26)27/h3-9H,1-2H3. The van der Waals surface area contributed by atoms with Crippen molar-refractivity contribution >= 4 is 15.5 Å². The maximum absolute atomic E-state index is 13.9. The average Bonchev–Trinajstić information content (AvgIpc) is 3.09. The molecule has 1 aromatic carbocycles. The molecule has 0 fully saturated rings. The Labute approximate surface area is 163 Å². The van der Waals surface area contributed by atoms with Crippen LogP contribution in [0.1, 0.15) is 0 Å². The Morgan fingerprint density at radius 1 is 1.03 bits per heavy atom. The number of nitrogens with zero attached hydrogens (tertiary/aromatic N) is 5. The summed E-state index contributed by atoms with van der Waals surface area (Å²) in [4.78, 5) is 16.5. The first-order valence-electron chi connectivity index (χ1n) is 8.19. The minimum atomic E-state index is -3.67. The maximum atomic E-state index is 13.9. The predicted molar refractivity (Wildman–Crippen MR) is 99.0 cm³/mol. The lowest BCUT2D eigenvalue weighted by atomic mass is 10.1. The zero-order valence-electron chi connectivity index (χ0n) is 15.2. The quantitative estimate of drug-likeness (QED) is 0.471. The molecule has 0 aliphatic rings. The minimum absolute atomic E-state index is 0.194. The largest absolute Gasteiger partial charge is 0.478 e. The van der Waals surface area contributed by atoms with Crippen LogP contribution in [0.5, 0.6) is 5.88 Å². The molecule has 4 rings (SSSR count). The molecule has 148 valence electrons. The van der Waals surface area contributed by atoms with Gasteiger partial charge in [0.15, 0.2) is 11.6 Å². The summed E-state index contributed by atoms with van der Waals surface area (Å²) in [6.07, 6.45) is 5.33. The molecule has 11 heteroatoms. The fourth-order valence-corrected chi connectivity index (χ4v) is 3.36. The molecule has 0 aliphatic carbocycles. The number of sulfone groups is 1. The van der Waals surface area contributed by atoms with E-state index in [1.54, 1.807) is 10.6 Å². The Morgan fingerprint density at radius 3 is 2.52 bits per heavy atom. The molecule has 29 heavy (non-hydrogen) atoms. The van der Waals surface area contributed by atoms with Crippen molar-refractivity contribution in [2.75, 3.05) is 13.4 Å². The van der Waals surface area contributed by atoms with Crippen LogP contribution in [0.15, 0.2) is 48.0 Å². The van der Waals surface area contributed by atoms with Crippen molar-refractivity contribution in [3.8, 4) is 28.5 Å². The molecule has 0 unspecified atom stereocenters. The van der Waals surface area contributed by atoms with Gasteiger partial charge in [-0.2, -0.15) is 0 Å². The third-order valence-electron chi connectivity index (χ3n) is 4.10. The third-order valence-corrected chi connectivity index (χ3v) is 4.96. The second-order valence-corrected chi connectivity index (χ2v) is 7.97. The molecule has 3 aromatic heterocycles. The minimum Gasteiger partial charge on any atom is -0.478 e. The Kier molecular flexibility index (Phi) is 4.46. The van der Waals surface area contributed by atoms with E-state index in [0.29, 0.717) is 11.3 Å². The van der Waals surface area contributed by atoms with Gasteiger partial charge in [0.1, 0.15) is 0 Å². The van der Waals surface area contributed by atoms with E-state index in [0.717, 1.165) is 18.4 Å². The van der Waals surface area contributed by atoms with E-state index >= 15 is 0 Å². The summed E-state index contributed by atoms with van der Waals surface area (Å²) in [7, 11) is -2.25. The van der Waals surface area contributed by atoms with Crippen molar-refractivity contribution < 1.29 is 21.9 Å². The number of imidazole rings is 1. The number of ether oxygens (including phenoxy) is 1. The second-order valence-electron chi connectivity index (χ2n) is 6.06. The average molecular weight is 417 g/mol. The molecule has 0 spiro atoms. The van der Waals surface area contributed by atoms with E-state index in [1.165, 1.54) is 31.6 Å². The summed E-state index contributed by atoms with van der Waals surface area (Å²) in [5.74, 6) is -1.85. The maximum Gasteiger partial charge on any atom is 0.258 e. The van der Waals surface area contributed by atoms with Gasteiger partial charge in [0.2, 0.25) is 20.6 Å². The molecule has 0 radical (unpaired) electrons. The van der Waals surface area contributed by atoms with Gasteiger partial charge < -0.3 is 4.74 Å². The highest BCUT2D eigenvalue weighted by Crippen LogP contribution is 2.34. The van der Waals surface area contributed by atoms with Crippen LogP contribution in [0, 0.1) is 11.6 Å². The molecule has 0 atom stereocenters. The fraction of sp³-hybridized carbons (Fsp3) is 0.111. The molecular weight excluding hydrogens is 404 g/mol. The number of aromatic nitrogens is 5. The Morgan fingerprint density at radius 2 is 1.83 bits per heavy atom. The number of benzene rings is 1. The number of rotatable bonds is 4. The predicted octanol–water partition coefficient (Wildman–Crippen LogP) is 2.54. The van der Waals surface area contributed by atoms with Crippen LogP contribution in [0.4, 0.5) is 8.78 Å². The van der Waals surface area contributed by atoms with Gasteiger partial charge in [-0.25, -0.2) is 37.1 Å². The van der Waals surface area contributed by atoms with E-state index in [-0.39, 0.29) is 28.0 Å². The number of hydrogen-bond acceptors (Lipinski definition) is 7. The molecule has 4 aromatic rings. The number of methoxy groups -OCH3 is 1. The molecule has 0 amide bonds. The summed E-state index contributed by atoms with van der Waals surface area (Å²) < 4.78 is 57.9. The molecular formula is C18H13F2N5O3S. The number of fused-ring (bicyclic) bond motifs is 1. The smallest absolute Gasteiger partial charge is 0.258 e. The van der Waals surface area contributed by atoms with Crippen LogP contribution in [0.2, 0.25) is 0 Å². The van der Waals surface area contributed by atoms with E-state index in [2.05, 4.69) is 19.9 Å². The highest BCUT2D eigenvalue weighted by Gasteiger charge is 2.22. The lowest BCUT2D eigenvalue weighted by Gasteiger charge is -2.07. The van der Waals surface area contributed by atoms with E-state index in [4.69, 9.17) is 4.74 Å². The summed E-state index contributed by atoms with van der Waals surface area (Å²) >= 11 is 0. The van der Waals surface area contributed by atoms with Gasteiger partial charge in [-0.15, -0.1) is 0 Å². The highest BCUT2D eigenvalue weighted by atomic mass is 32.2. The van der Waals surface area contributed by atoms with Crippen LogP contribution in [0.3, 0.4) is 0 Å². The molecule has 0 bridgehead atoms. The molecule has 0 aliphatic heterocycles. The Hall–Kier alpha value is -3.47. The summed E-state index contributed by atoms with van der Waals surface area (Å²) in [6.45, 7) is 0. The second kappa shape index (κ2) is 6.85. The Balaban J connectivity index is 2.08. The van der Waals surface area contributed by atoms with Crippen molar-refractivity contribution in [3.05, 3.63) is 54.5 Å². The normalized spacial score (nSPS) is 11.7. The van der Waals surface area contributed by atoms with E-state index in [9.17, 15) is 17.2 Å². The van der Waals surface area contributed by atoms with Crippen molar-refractivity contribution in [2.24, 2.45) is 0 Å². The number of hydrogen-bond donors (Lipinski definition) is 0. The van der Waals surface area contributed by atoms with Gasteiger partial charge >= 0.3 is 0 Å². The van der Waals surface area contributed by atoms with Crippen LogP contribution >= 0.6 is 0 Å². The summed E-state index contributed by atoms with van der Waals surface area (Å²) in [5.41, 5.74) is 1.38. The molecule has 3 heterocycles. The van der Waals surface area contributed by atoms with Gasteiger partial charge in [0.05, 0.1) is 24.2 Å². The molecule has 0 saturated heterocycles. The SMILES string of the molecule is COc1nccn2c(-c3ccnc(S(C)(=O)=O)n3)c(-c3ccc(F)c(F)c3)nc12. The first kappa shape index (κ1) is 18.9. The van der Waals surface area contributed by atoms with Gasteiger partial charge in [-0.1, -0.05) is 0 Å². The molecule has 8 nitrogen and oxygen atoms in total. The van der Waals surface area contributed by atoms with Gasteiger partial charge in [0.25, 0.3) is 5.88 Å². The Bertz CT molecular complexity index is 1360. The van der Waals surface area contributed by atoms with Crippen LogP contribution in [0.25, 0.3) is 28.3 Å². The number of halogens is 2. The van der Waals surface area contributed by atoms with Crippen molar-refractivity contribution in [2.45, 2.75) is 5.16 Å². The zero-order valence-corrected chi connectivity index (χ0v) is 16.0. The van der Waals surface area contributed by atoms with Crippen molar-refractivity contribution in [1.82, 2.24) is 24.3 Å². The van der Waals surface area contributed by atoms with Gasteiger partial charge in [-0.3, -0.25) is 4.40 Å². The van der Waals surface area contributed by atoms with Crippen LogP contribution in [-0.2, 0) is 9.84 Å². The van der Waals surface area contributed by atoms with Gasteiger partial charge in [0, 0.05) is 30.4 Å². The highest BCUT2D eigenvalue weighted by molar-refractivity contribution is 7.90. The van der Waals surface area contributed by atoms with E-state index in [1.807, 2.05) is 0 Å². The van der Waals surface area contributed by atoms with Gasteiger partial charge in [-0.05, 0) is 24.3 Å². The summed E-state index contributed by atoms with van der Waals surface area (Å²) in [5, 5.41) is -0.373. The lowest BCUT2D eigenvalue weighted by molar-refractivity contribution is 0.400. The monoisotopic (exact) mass is 417 g/mol.